The van der Waals surface area contributed by atoms with Gasteiger partial charge in [-0.15, -0.1) is 0 Å². The molecule has 0 unspecified atom stereocenters. The highest BCUT2D eigenvalue weighted by Gasteiger charge is 2.26. The second kappa shape index (κ2) is 8.45. The van der Waals surface area contributed by atoms with Gasteiger partial charge >= 0.3 is 0 Å². The topological polar surface area (TPSA) is 52.7 Å². The van der Waals surface area contributed by atoms with Crippen molar-refractivity contribution in [3.8, 4) is 0 Å². The smallest absolute Gasteiger partial charge is 0.239 e. The molecule has 126 valence electrons. The third kappa shape index (κ3) is 5.04. The number of anilines is 1. The van der Waals surface area contributed by atoms with Gasteiger partial charge in [-0.05, 0) is 61.3 Å². The van der Waals surface area contributed by atoms with E-state index in [0.29, 0.717) is 0 Å². The molecular weight excluding hydrogens is 358 g/mol. The van der Waals surface area contributed by atoms with E-state index in [1.54, 1.807) is 4.90 Å². The van der Waals surface area contributed by atoms with Crippen LogP contribution in [0.1, 0.15) is 26.2 Å². The number of likely N-dealkylation sites (N-methyl/N-ethyl adjacent to an activating group) is 1. The second-order valence-electron chi connectivity index (χ2n) is 6.01. The first kappa shape index (κ1) is 17.9. The summed E-state index contributed by atoms with van der Waals surface area (Å²) in [5, 5.41) is 2.86. The number of hydrogen-bond donors (Lipinski definition) is 1. The standard InChI is InChI=1S/C17H24BrN3O2/c1-13(17(23)21-10-6-3-7-11-21)20(2)12-16(22)19-15-9-5-4-8-14(15)18/h4-5,8-9,13H,3,6-7,10-12H2,1-2H3,(H,19,22)/t13-/m0/s1. The Morgan fingerprint density at radius 1 is 1.26 bits per heavy atom. The van der Waals surface area contributed by atoms with Crippen molar-refractivity contribution in [2.45, 2.75) is 32.2 Å². The average molecular weight is 382 g/mol. The Morgan fingerprint density at radius 2 is 1.91 bits per heavy atom. The van der Waals surface area contributed by atoms with Crippen LogP contribution in [0.25, 0.3) is 0 Å². The molecule has 1 heterocycles. The lowest BCUT2D eigenvalue weighted by Crippen LogP contribution is -2.49. The Hall–Kier alpha value is -1.40. The summed E-state index contributed by atoms with van der Waals surface area (Å²) in [5.74, 6) is -0.0152. The molecule has 0 bridgehead atoms. The second-order valence-corrected chi connectivity index (χ2v) is 6.86. The van der Waals surface area contributed by atoms with E-state index >= 15 is 0 Å². The lowest BCUT2D eigenvalue weighted by atomic mass is 10.1. The van der Waals surface area contributed by atoms with Gasteiger partial charge in [0, 0.05) is 17.6 Å². The largest absolute Gasteiger partial charge is 0.341 e. The molecule has 2 rings (SSSR count). The van der Waals surface area contributed by atoms with E-state index in [4.69, 9.17) is 0 Å². The van der Waals surface area contributed by atoms with Crippen LogP contribution in [0.2, 0.25) is 0 Å². The van der Waals surface area contributed by atoms with Crippen molar-refractivity contribution in [2.75, 3.05) is 32.0 Å². The Balaban J connectivity index is 1.87. The third-order valence-electron chi connectivity index (χ3n) is 4.23. The first-order valence-electron chi connectivity index (χ1n) is 8.02. The number of carbonyl (C=O) groups is 2. The fourth-order valence-corrected chi connectivity index (χ4v) is 3.07. The van der Waals surface area contributed by atoms with Crippen LogP contribution >= 0.6 is 15.9 Å². The molecule has 0 spiro atoms. The molecular formula is C17H24BrN3O2. The number of carbonyl (C=O) groups excluding carboxylic acids is 2. The number of nitrogens with zero attached hydrogens (tertiary/aromatic N) is 2. The number of benzene rings is 1. The van der Waals surface area contributed by atoms with Crippen LogP contribution in [0.5, 0.6) is 0 Å². The highest BCUT2D eigenvalue weighted by Crippen LogP contribution is 2.21. The van der Waals surface area contributed by atoms with Gasteiger partial charge in [-0.3, -0.25) is 14.5 Å². The van der Waals surface area contributed by atoms with E-state index < -0.39 is 0 Å². The molecule has 0 radical (unpaired) electrons. The normalized spacial score (nSPS) is 16.3. The predicted molar refractivity (Wildman–Crippen MR) is 95.3 cm³/mol. The van der Waals surface area contributed by atoms with Gasteiger partial charge in [0.25, 0.3) is 0 Å². The van der Waals surface area contributed by atoms with Crippen LogP contribution in [0, 0.1) is 0 Å². The number of rotatable bonds is 5. The minimum Gasteiger partial charge on any atom is -0.341 e. The maximum atomic E-state index is 12.5. The fourth-order valence-electron chi connectivity index (χ4n) is 2.68. The molecule has 1 aromatic rings. The van der Waals surface area contributed by atoms with Gasteiger partial charge in [0.05, 0.1) is 18.3 Å². The van der Waals surface area contributed by atoms with Gasteiger partial charge in [0.15, 0.2) is 0 Å². The summed E-state index contributed by atoms with van der Waals surface area (Å²) in [5.41, 5.74) is 0.737. The monoisotopic (exact) mass is 381 g/mol. The average Bonchev–Trinajstić information content (AvgIpc) is 2.56. The lowest BCUT2D eigenvalue weighted by molar-refractivity contribution is -0.137. The minimum absolute atomic E-state index is 0.112. The van der Waals surface area contributed by atoms with Crippen molar-refractivity contribution in [3.63, 3.8) is 0 Å². The van der Waals surface area contributed by atoms with Crippen LogP contribution in [-0.4, -0.2) is 54.3 Å². The fraction of sp³-hybridized carbons (Fsp3) is 0.529. The Labute approximate surface area is 146 Å². The predicted octanol–water partition coefficient (Wildman–Crippen LogP) is 2.72. The van der Waals surface area contributed by atoms with Crippen LogP contribution in [0.4, 0.5) is 5.69 Å². The summed E-state index contributed by atoms with van der Waals surface area (Å²) in [6.45, 7) is 3.71. The number of amides is 2. The summed E-state index contributed by atoms with van der Waals surface area (Å²) in [6.07, 6.45) is 3.34. The van der Waals surface area contributed by atoms with Crippen molar-refractivity contribution in [1.82, 2.24) is 9.80 Å². The van der Waals surface area contributed by atoms with Crippen LogP contribution in [0.15, 0.2) is 28.7 Å². The number of halogens is 1. The zero-order chi connectivity index (χ0) is 16.8. The van der Waals surface area contributed by atoms with Gasteiger partial charge in [-0.25, -0.2) is 0 Å². The zero-order valence-corrected chi connectivity index (χ0v) is 15.3. The highest BCUT2D eigenvalue weighted by atomic mass is 79.9. The van der Waals surface area contributed by atoms with E-state index in [1.807, 2.05) is 43.1 Å². The lowest BCUT2D eigenvalue weighted by Gasteiger charge is -2.32. The van der Waals surface area contributed by atoms with Gasteiger partial charge in [-0.2, -0.15) is 0 Å². The summed E-state index contributed by atoms with van der Waals surface area (Å²) >= 11 is 3.41. The zero-order valence-electron chi connectivity index (χ0n) is 13.7. The quantitative estimate of drug-likeness (QED) is 0.852. The van der Waals surface area contributed by atoms with Gasteiger partial charge in [0.1, 0.15) is 0 Å². The van der Waals surface area contributed by atoms with E-state index in [9.17, 15) is 9.59 Å². The maximum absolute atomic E-state index is 12.5. The Bertz CT molecular complexity index is 559. The van der Waals surface area contributed by atoms with Crippen LogP contribution in [-0.2, 0) is 9.59 Å². The summed E-state index contributed by atoms with van der Waals surface area (Å²) in [4.78, 5) is 28.4. The molecule has 0 aliphatic carbocycles. The van der Waals surface area contributed by atoms with Crippen LogP contribution in [0.3, 0.4) is 0 Å². The van der Waals surface area contributed by atoms with Gasteiger partial charge in [0.2, 0.25) is 11.8 Å². The van der Waals surface area contributed by atoms with Crippen LogP contribution < -0.4 is 5.32 Å². The summed E-state index contributed by atoms with van der Waals surface area (Å²) in [6, 6.07) is 7.18. The van der Waals surface area contributed by atoms with Gasteiger partial charge < -0.3 is 10.2 Å². The molecule has 0 saturated carbocycles. The summed E-state index contributed by atoms with van der Waals surface area (Å²) < 4.78 is 0.841. The molecule has 0 aromatic heterocycles. The van der Waals surface area contributed by atoms with Crippen molar-refractivity contribution in [3.05, 3.63) is 28.7 Å². The van der Waals surface area contributed by atoms with Crippen molar-refractivity contribution in [1.29, 1.82) is 0 Å². The number of nitrogens with one attached hydrogen (secondary N) is 1. The number of piperidine rings is 1. The first-order chi connectivity index (χ1) is 11.0. The van der Waals surface area contributed by atoms with Crippen molar-refractivity contribution in [2.24, 2.45) is 0 Å². The summed E-state index contributed by atoms with van der Waals surface area (Å²) in [7, 11) is 1.81. The van der Waals surface area contributed by atoms with E-state index in [0.717, 1.165) is 36.1 Å². The molecule has 6 heteroatoms. The van der Waals surface area contributed by atoms with Gasteiger partial charge in [-0.1, -0.05) is 12.1 Å². The maximum Gasteiger partial charge on any atom is 0.239 e. The SMILES string of the molecule is C[C@@H](C(=O)N1CCCCC1)N(C)CC(=O)Nc1ccccc1Br. The molecule has 23 heavy (non-hydrogen) atoms. The minimum atomic E-state index is -0.293. The Kier molecular flexibility index (Phi) is 6.59. The Morgan fingerprint density at radius 3 is 2.57 bits per heavy atom. The van der Waals surface area contributed by atoms with Crippen molar-refractivity contribution < 1.29 is 9.59 Å². The molecule has 1 aliphatic heterocycles. The number of hydrogen-bond acceptors (Lipinski definition) is 3. The number of para-hydroxylation sites is 1. The highest BCUT2D eigenvalue weighted by molar-refractivity contribution is 9.10. The van der Waals surface area contributed by atoms with E-state index in [-0.39, 0.29) is 24.4 Å². The number of likely N-dealkylation sites (tertiary alicyclic amines) is 1. The van der Waals surface area contributed by atoms with Crippen molar-refractivity contribution >= 4 is 33.4 Å². The molecule has 2 amide bonds. The first-order valence-corrected chi connectivity index (χ1v) is 8.81. The van der Waals surface area contributed by atoms with E-state index in [2.05, 4.69) is 21.2 Å². The molecule has 1 saturated heterocycles. The molecule has 1 aromatic carbocycles. The molecule has 1 fully saturated rings. The third-order valence-corrected chi connectivity index (χ3v) is 4.92. The molecule has 1 N–H and O–H groups in total. The molecule has 1 atom stereocenters. The molecule has 5 nitrogen and oxygen atoms in total. The molecule has 1 aliphatic rings. The van der Waals surface area contributed by atoms with E-state index in [1.165, 1.54) is 6.42 Å².